The molecular formula is C23H25N5O3S. The number of piperazine rings is 1. The first-order valence-electron chi connectivity index (χ1n) is 10.5. The first-order chi connectivity index (χ1) is 15.5. The van der Waals surface area contributed by atoms with E-state index in [-0.39, 0.29) is 10.8 Å². The van der Waals surface area contributed by atoms with Crippen LogP contribution in [0.3, 0.4) is 0 Å². The topological polar surface area (TPSA) is 95.5 Å². The highest BCUT2D eigenvalue weighted by Crippen LogP contribution is 2.21. The molecule has 0 aliphatic carbocycles. The number of carbonyl (C=O) groups is 1. The third-order valence-electron chi connectivity index (χ3n) is 5.37. The lowest BCUT2D eigenvalue weighted by Crippen LogP contribution is -2.48. The van der Waals surface area contributed by atoms with Gasteiger partial charge in [-0.25, -0.2) is 13.4 Å². The number of nitrogens with one attached hydrogen (secondary N) is 1. The molecule has 2 aromatic carbocycles. The minimum absolute atomic E-state index is 0.107. The minimum Gasteiger partial charge on any atom is -0.353 e. The summed E-state index contributed by atoms with van der Waals surface area (Å²) in [5.74, 6) is 0.640. The zero-order chi connectivity index (χ0) is 22.4. The van der Waals surface area contributed by atoms with Crippen molar-refractivity contribution in [2.24, 2.45) is 0 Å². The highest BCUT2D eigenvalue weighted by atomic mass is 32.2. The lowest BCUT2D eigenvalue weighted by atomic mass is 10.1. The molecule has 8 nitrogen and oxygen atoms in total. The van der Waals surface area contributed by atoms with Gasteiger partial charge in [-0.3, -0.25) is 9.78 Å². The molecule has 2 heterocycles. The van der Waals surface area contributed by atoms with Crippen molar-refractivity contribution in [3.05, 3.63) is 78.8 Å². The number of aromatic nitrogens is 2. The highest BCUT2D eigenvalue weighted by molar-refractivity contribution is 7.89. The van der Waals surface area contributed by atoms with Crippen molar-refractivity contribution in [1.29, 1.82) is 0 Å². The third-order valence-corrected chi connectivity index (χ3v) is 7.28. The molecule has 0 radical (unpaired) electrons. The fourth-order valence-electron chi connectivity index (χ4n) is 3.60. The molecule has 9 heteroatoms. The van der Waals surface area contributed by atoms with Crippen LogP contribution >= 0.6 is 0 Å². The standard InChI is InChI=1S/C23H25N5O3S/c29-23(11-6-19-4-2-1-3-5-19)26-20-7-9-21(10-8-20)32(30,31)28-16-14-27(15-17-28)22-18-24-12-13-25-22/h1-5,7-10,12-13,18H,6,11,14-17H2,(H,26,29). The monoisotopic (exact) mass is 451 g/mol. The molecular weight excluding hydrogens is 426 g/mol. The van der Waals surface area contributed by atoms with Crippen LogP contribution in [0.4, 0.5) is 11.5 Å². The Morgan fingerprint density at radius 1 is 0.938 bits per heavy atom. The van der Waals surface area contributed by atoms with Crippen LogP contribution in [0.25, 0.3) is 0 Å². The summed E-state index contributed by atoms with van der Waals surface area (Å²) >= 11 is 0. The number of rotatable bonds is 7. The fraction of sp³-hybridized carbons (Fsp3) is 0.261. The molecule has 0 unspecified atom stereocenters. The number of anilines is 2. The van der Waals surface area contributed by atoms with Crippen LogP contribution in [0.5, 0.6) is 0 Å². The summed E-state index contributed by atoms with van der Waals surface area (Å²) in [6.07, 6.45) is 5.93. The number of aryl methyl sites for hydroxylation is 1. The number of hydrogen-bond acceptors (Lipinski definition) is 6. The zero-order valence-electron chi connectivity index (χ0n) is 17.6. The lowest BCUT2D eigenvalue weighted by molar-refractivity contribution is -0.116. The van der Waals surface area contributed by atoms with Gasteiger partial charge in [-0.05, 0) is 36.2 Å². The minimum atomic E-state index is -3.60. The van der Waals surface area contributed by atoms with Gasteiger partial charge in [0.15, 0.2) is 0 Å². The van der Waals surface area contributed by atoms with Gasteiger partial charge in [0, 0.05) is 50.7 Å². The molecule has 1 aliphatic rings. The molecule has 4 rings (SSSR count). The summed E-state index contributed by atoms with van der Waals surface area (Å²) in [4.78, 5) is 22.8. The van der Waals surface area contributed by atoms with Gasteiger partial charge in [0.25, 0.3) is 0 Å². The number of carbonyl (C=O) groups excluding carboxylic acids is 1. The van der Waals surface area contributed by atoms with Crippen LogP contribution in [0.15, 0.2) is 78.1 Å². The molecule has 166 valence electrons. The SMILES string of the molecule is O=C(CCc1ccccc1)Nc1ccc(S(=O)(=O)N2CCN(c3cnccn3)CC2)cc1. The summed E-state index contributed by atoms with van der Waals surface area (Å²) in [6, 6.07) is 16.1. The molecule has 0 saturated carbocycles. The summed E-state index contributed by atoms with van der Waals surface area (Å²) in [5.41, 5.74) is 1.68. The van der Waals surface area contributed by atoms with Crippen molar-refractivity contribution >= 4 is 27.4 Å². The second-order valence-corrected chi connectivity index (χ2v) is 9.45. The number of amides is 1. The molecule has 0 atom stereocenters. The van der Waals surface area contributed by atoms with Crippen LogP contribution in [-0.4, -0.2) is 54.8 Å². The molecule has 0 bridgehead atoms. The zero-order valence-corrected chi connectivity index (χ0v) is 18.4. The largest absolute Gasteiger partial charge is 0.353 e. The van der Waals surface area contributed by atoms with Gasteiger partial charge in [0.2, 0.25) is 15.9 Å². The van der Waals surface area contributed by atoms with Crippen molar-refractivity contribution in [1.82, 2.24) is 14.3 Å². The fourth-order valence-corrected chi connectivity index (χ4v) is 5.02. The predicted molar refractivity (Wildman–Crippen MR) is 123 cm³/mol. The van der Waals surface area contributed by atoms with Gasteiger partial charge in [-0.1, -0.05) is 30.3 Å². The summed E-state index contributed by atoms with van der Waals surface area (Å²) in [7, 11) is -3.60. The van der Waals surface area contributed by atoms with E-state index in [1.807, 2.05) is 35.2 Å². The smallest absolute Gasteiger partial charge is 0.243 e. The molecule has 3 aromatic rings. The molecule has 0 spiro atoms. The number of sulfonamides is 1. The Morgan fingerprint density at radius 3 is 2.31 bits per heavy atom. The molecule has 1 aromatic heterocycles. The summed E-state index contributed by atoms with van der Waals surface area (Å²) in [5, 5.41) is 2.83. The molecule has 1 fully saturated rings. The first kappa shape index (κ1) is 21.9. The maximum atomic E-state index is 13.0. The van der Waals surface area contributed by atoms with Crippen molar-refractivity contribution in [3.63, 3.8) is 0 Å². The van der Waals surface area contributed by atoms with E-state index in [0.717, 1.165) is 11.4 Å². The third kappa shape index (κ3) is 5.30. The van der Waals surface area contributed by atoms with Crippen molar-refractivity contribution in [2.75, 3.05) is 36.4 Å². The molecule has 1 N–H and O–H groups in total. The Hall–Kier alpha value is -3.30. The van der Waals surface area contributed by atoms with Gasteiger partial charge in [0.05, 0.1) is 11.1 Å². The van der Waals surface area contributed by atoms with Gasteiger partial charge >= 0.3 is 0 Å². The normalized spacial score (nSPS) is 14.8. The molecule has 1 amide bonds. The van der Waals surface area contributed by atoms with Crippen molar-refractivity contribution in [3.8, 4) is 0 Å². The van der Waals surface area contributed by atoms with Gasteiger partial charge in [-0.15, -0.1) is 0 Å². The Morgan fingerprint density at radius 2 is 1.66 bits per heavy atom. The Bertz CT molecular complexity index is 1130. The van der Waals surface area contributed by atoms with Crippen LogP contribution in [0.2, 0.25) is 0 Å². The molecule has 1 saturated heterocycles. The van der Waals surface area contributed by atoms with E-state index in [0.29, 0.717) is 44.7 Å². The Balaban J connectivity index is 1.32. The average Bonchev–Trinajstić information content (AvgIpc) is 2.84. The van der Waals surface area contributed by atoms with Gasteiger partial charge in [0.1, 0.15) is 5.82 Å². The van der Waals surface area contributed by atoms with E-state index in [2.05, 4.69) is 15.3 Å². The predicted octanol–water partition coefficient (Wildman–Crippen LogP) is 2.56. The Kier molecular flexibility index (Phi) is 6.77. The summed E-state index contributed by atoms with van der Waals surface area (Å²) in [6.45, 7) is 1.84. The maximum Gasteiger partial charge on any atom is 0.243 e. The van der Waals surface area contributed by atoms with E-state index in [1.165, 1.54) is 16.4 Å². The second-order valence-electron chi connectivity index (χ2n) is 7.51. The Labute approximate surface area is 188 Å². The van der Waals surface area contributed by atoms with E-state index >= 15 is 0 Å². The van der Waals surface area contributed by atoms with Crippen LogP contribution < -0.4 is 10.2 Å². The van der Waals surface area contributed by atoms with Crippen molar-refractivity contribution in [2.45, 2.75) is 17.7 Å². The maximum absolute atomic E-state index is 13.0. The number of nitrogens with zero attached hydrogens (tertiary/aromatic N) is 4. The quantitative estimate of drug-likeness (QED) is 0.593. The molecule has 32 heavy (non-hydrogen) atoms. The van der Waals surface area contributed by atoms with Crippen molar-refractivity contribution < 1.29 is 13.2 Å². The second kappa shape index (κ2) is 9.88. The van der Waals surface area contributed by atoms with Crippen LogP contribution in [0.1, 0.15) is 12.0 Å². The number of benzene rings is 2. The lowest BCUT2D eigenvalue weighted by Gasteiger charge is -2.34. The number of hydrogen-bond donors (Lipinski definition) is 1. The van der Waals surface area contributed by atoms with E-state index < -0.39 is 10.0 Å². The van der Waals surface area contributed by atoms with E-state index in [1.54, 1.807) is 30.7 Å². The van der Waals surface area contributed by atoms with E-state index in [9.17, 15) is 13.2 Å². The van der Waals surface area contributed by atoms with Gasteiger partial charge in [-0.2, -0.15) is 4.31 Å². The van der Waals surface area contributed by atoms with Gasteiger partial charge < -0.3 is 10.2 Å². The highest BCUT2D eigenvalue weighted by Gasteiger charge is 2.29. The summed E-state index contributed by atoms with van der Waals surface area (Å²) < 4.78 is 27.5. The first-order valence-corrected chi connectivity index (χ1v) is 11.9. The van der Waals surface area contributed by atoms with Crippen LogP contribution in [0, 0.1) is 0 Å². The average molecular weight is 452 g/mol. The molecule has 1 aliphatic heterocycles. The van der Waals surface area contributed by atoms with Crippen LogP contribution in [-0.2, 0) is 21.2 Å². The van der Waals surface area contributed by atoms with E-state index in [4.69, 9.17) is 0 Å².